The van der Waals surface area contributed by atoms with Crippen LogP contribution in [0.1, 0.15) is 25.3 Å². The molecule has 0 bridgehead atoms. The van der Waals surface area contributed by atoms with Crippen molar-refractivity contribution in [2.24, 2.45) is 0 Å². The third-order valence-corrected chi connectivity index (χ3v) is 4.39. The van der Waals surface area contributed by atoms with Gasteiger partial charge in [-0.15, -0.1) is 0 Å². The highest BCUT2D eigenvalue weighted by Gasteiger charge is 2.34. The molecule has 0 atom stereocenters. The summed E-state index contributed by atoms with van der Waals surface area (Å²) < 4.78 is 5.14. The predicted octanol–water partition coefficient (Wildman–Crippen LogP) is 2.06. The summed E-state index contributed by atoms with van der Waals surface area (Å²) in [5.74, 6) is -0.0700. The van der Waals surface area contributed by atoms with E-state index in [1.807, 2.05) is 30.9 Å². The highest BCUT2D eigenvalue weighted by molar-refractivity contribution is 5.90. The molecule has 1 aliphatic carbocycles. The number of aliphatic carboxylic acids is 1. The summed E-state index contributed by atoms with van der Waals surface area (Å²) in [6, 6.07) is 5.53. The molecule has 0 heterocycles. The van der Waals surface area contributed by atoms with E-state index in [1.54, 1.807) is 13.2 Å². The molecule has 1 saturated carbocycles. The zero-order valence-corrected chi connectivity index (χ0v) is 14.3. The van der Waals surface area contributed by atoms with Gasteiger partial charge in [0.2, 0.25) is 0 Å². The number of carbonyl (C=O) groups excluding carboxylic acids is 1. The van der Waals surface area contributed by atoms with Crippen LogP contribution in [0.25, 0.3) is 0 Å². The second-order valence-electron chi connectivity index (χ2n) is 6.06. The molecule has 0 aliphatic heterocycles. The Bertz CT molecular complexity index is 599. The lowest BCUT2D eigenvalue weighted by Gasteiger charge is -2.42. The molecule has 0 aromatic heterocycles. The van der Waals surface area contributed by atoms with E-state index < -0.39 is 5.97 Å². The number of ether oxygens (including phenoxy) is 1. The molecule has 1 fully saturated rings. The van der Waals surface area contributed by atoms with Crippen molar-refractivity contribution < 1.29 is 19.4 Å². The van der Waals surface area contributed by atoms with E-state index in [0.29, 0.717) is 6.54 Å². The summed E-state index contributed by atoms with van der Waals surface area (Å²) in [5.41, 5.74) is 1.67. The van der Waals surface area contributed by atoms with Gasteiger partial charge in [0, 0.05) is 17.8 Å². The number of amides is 2. The SMILES string of the molecule is CCN(CC(=O)O)C1CC(NC(=O)Nc2ccc(OC)cc2C)C1. The van der Waals surface area contributed by atoms with Crippen LogP contribution in [-0.4, -0.2) is 54.3 Å². The second kappa shape index (κ2) is 8.01. The van der Waals surface area contributed by atoms with Gasteiger partial charge in [0.25, 0.3) is 0 Å². The highest BCUT2D eigenvalue weighted by Crippen LogP contribution is 2.26. The zero-order valence-electron chi connectivity index (χ0n) is 14.3. The van der Waals surface area contributed by atoms with E-state index in [2.05, 4.69) is 10.6 Å². The smallest absolute Gasteiger partial charge is 0.319 e. The van der Waals surface area contributed by atoms with E-state index in [1.165, 1.54) is 0 Å². The van der Waals surface area contributed by atoms with Gasteiger partial charge >= 0.3 is 12.0 Å². The van der Waals surface area contributed by atoms with E-state index in [9.17, 15) is 9.59 Å². The van der Waals surface area contributed by atoms with E-state index in [4.69, 9.17) is 9.84 Å². The first-order chi connectivity index (χ1) is 11.4. The number of aryl methyl sites for hydroxylation is 1. The summed E-state index contributed by atoms with van der Waals surface area (Å²) >= 11 is 0. The Morgan fingerprint density at radius 3 is 2.62 bits per heavy atom. The molecule has 0 saturated heterocycles. The van der Waals surface area contributed by atoms with Gasteiger partial charge in [0.05, 0.1) is 13.7 Å². The Labute approximate surface area is 142 Å². The number of hydrogen-bond donors (Lipinski definition) is 3. The lowest BCUT2D eigenvalue weighted by molar-refractivity contribution is -0.139. The molecule has 7 heteroatoms. The number of hydrogen-bond acceptors (Lipinski definition) is 4. The molecular formula is C17H25N3O4. The molecule has 0 spiro atoms. The van der Waals surface area contributed by atoms with Gasteiger partial charge in [-0.05, 0) is 50.1 Å². The normalized spacial score (nSPS) is 19.5. The van der Waals surface area contributed by atoms with Gasteiger partial charge in [0.15, 0.2) is 0 Å². The van der Waals surface area contributed by atoms with Gasteiger partial charge in [-0.25, -0.2) is 4.79 Å². The van der Waals surface area contributed by atoms with Crippen LogP contribution >= 0.6 is 0 Å². The second-order valence-corrected chi connectivity index (χ2v) is 6.06. The molecule has 7 nitrogen and oxygen atoms in total. The Balaban J connectivity index is 1.79. The number of nitrogens with one attached hydrogen (secondary N) is 2. The van der Waals surface area contributed by atoms with Crippen molar-refractivity contribution in [2.75, 3.05) is 25.5 Å². The first kappa shape index (κ1) is 18.1. The minimum absolute atomic E-state index is 0.0468. The summed E-state index contributed by atoms with van der Waals surface area (Å²) in [7, 11) is 1.60. The van der Waals surface area contributed by atoms with Crippen LogP contribution in [0.15, 0.2) is 18.2 Å². The number of urea groups is 1. The summed E-state index contributed by atoms with van der Waals surface area (Å²) in [6.45, 7) is 4.59. The van der Waals surface area contributed by atoms with E-state index >= 15 is 0 Å². The summed E-state index contributed by atoms with van der Waals surface area (Å²) in [6.07, 6.45) is 1.55. The molecule has 24 heavy (non-hydrogen) atoms. The average molecular weight is 335 g/mol. The Morgan fingerprint density at radius 1 is 1.38 bits per heavy atom. The third-order valence-electron chi connectivity index (χ3n) is 4.39. The van der Waals surface area contributed by atoms with Crippen molar-refractivity contribution in [2.45, 2.75) is 38.8 Å². The average Bonchev–Trinajstić information content (AvgIpc) is 2.50. The van der Waals surface area contributed by atoms with Crippen molar-refractivity contribution in [3.8, 4) is 5.75 Å². The zero-order chi connectivity index (χ0) is 17.7. The molecule has 2 rings (SSSR count). The third kappa shape index (κ3) is 4.61. The molecule has 3 N–H and O–H groups in total. The molecule has 2 amide bonds. The number of methoxy groups -OCH3 is 1. The monoisotopic (exact) mass is 335 g/mol. The molecule has 132 valence electrons. The van der Waals surface area contributed by atoms with Crippen LogP contribution in [0.4, 0.5) is 10.5 Å². The maximum atomic E-state index is 12.1. The largest absolute Gasteiger partial charge is 0.497 e. The van der Waals surface area contributed by atoms with E-state index in [0.717, 1.165) is 29.8 Å². The van der Waals surface area contributed by atoms with Gasteiger partial charge in [-0.1, -0.05) is 6.92 Å². The molecular weight excluding hydrogens is 310 g/mol. The standard InChI is InChI=1S/C17H25N3O4/c1-4-20(10-16(21)22)13-8-12(9-13)18-17(23)19-15-6-5-14(24-3)7-11(15)2/h5-7,12-13H,4,8-10H2,1-3H3,(H,21,22)(H2,18,19,23). The van der Waals surface area contributed by atoms with Crippen LogP contribution in [0.3, 0.4) is 0 Å². The molecule has 0 radical (unpaired) electrons. The van der Waals surface area contributed by atoms with Gasteiger partial charge < -0.3 is 20.5 Å². The van der Waals surface area contributed by atoms with Crippen molar-refractivity contribution in [3.63, 3.8) is 0 Å². The van der Waals surface area contributed by atoms with Crippen molar-refractivity contribution in [1.82, 2.24) is 10.2 Å². The van der Waals surface area contributed by atoms with Gasteiger partial charge in [-0.2, -0.15) is 0 Å². The number of carboxylic acid groups (broad SMARTS) is 1. The van der Waals surface area contributed by atoms with Crippen LogP contribution < -0.4 is 15.4 Å². The van der Waals surface area contributed by atoms with Crippen molar-refractivity contribution >= 4 is 17.7 Å². The van der Waals surface area contributed by atoms with Gasteiger partial charge in [-0.3, -0.25) is 9.69 Å². The fraction of sp³-hybridized carbons (Fsp3) is 0.529. The molecule has 1 aromatic carbocycles. The van der Waals surface area contributed by atoms with Crippen molar-refractivity contribution in [3.05, 3.63) is 23.8 Å². The maximum Gasteiger partial charge on any atom is 0.319 e. The lowest BCUT2D eigenvalue weighted by Crippen LogP contribution is -2.55. The molecule has 0 unspecified atom stereocenters. The van der Waals surface area contributed by atoms with Crippen LogP contribution in [0, 0.1) is 6.92 Å². The van der Waals surface area contributed by atoms with Crippen LogP contribution in [0.5, 0.6) is 5.75 Å². The lowest BCUT2D eigenvalue weighted by atomic mass is 9.85. The molecule has 1 aromatic rings. The molecule has 1 aliphatic rings. The first-order valence-electron chi connectivity index (χ1n) is 8.11. The highest BCUT2D eigenvalue weighted by atomic mass is 16.5. The Kier molecular flexibility index (Phi) is 6.03. The van der Waals surface area contributed by atoms with Crippen molar-refractivity contribution in [1.29, 1.82) is 0 Å². The number of rotatable bonds is 7. The fourth-order valence-electron chi connectivity index (χ4n) is 2.92. The quantitative estimate of drug-likeness (QED) is 0.709. The number of carboxylic acids is 1. The first-order valence-corrected chi connectivity index (χ1v) is 8.11. The van der Waals surface area contributed by atoms with E-state index in [-0.39, 0.29) is 24.7 Å². The number of likely N-dealkylation sites (N-methyl/N-ethyl adjacent to an activating group) is 1. The topological polar surface area (TPSA) is 90.9 Å². The minimum Gasteiger partial charge on any atom is -0.497 e. The number of nitrogens with zero attached hydrogens (tertiary/aromatic N) is 1. The minimum atomic E-state index is -0.819. The number of benzene rings is 1. The number of anilines is 1. The Hall–Kier alpha value is -2.28. The Morgan fingerprint density at radius 2 is 2.08 bits per heavy atom. The van der Waals surface area contributed by atoms with Crippen LogP contribution in [0.2, 0.25) is 0 Å². The number of carbonyl (C=O) groups is 2. The predicted molar refractivity (Wildman–Crippen MR) is 91.6 cm³/mol. The maximum absolute atomic E-state index is 12.1. The fourth-order valence-corrected chi connectivity index (χ4v) is 2.92. The summed E-state index contributed by atoms with van der Waals surface area (Å²) in [4.78, 5) is 24.8. The van der Waals surface area contributed by atoms with Crippen LogP contribution in [-0.2, 0) is 4.79 Å². The van der Waals surface area contributed by atoms with Gasteiger partial charge in [0.1, 0.15) is 5.75 Å². The summed E-state index contributed by atoms with van der Waals surface area (Å²) in [5, 5.41) is 14.7.